The maximum absolute atomic E-state index is 13.0. The molecule has 0 bridgehead atoms. The second kappa shape index (κ2) is 7.53. The molecule has 24 heavy (non-hydrogen) atoms. The number of rotatable bonds is 5. The molecule has 0 atom stereocenters. The van der Waals surface area contributed by atoms with Crippen LogP contribution in [0.25, 0.3) is 0 Å². The number of hydrogen-bond acceptors (Lipinski definition) is 4. The standard InChI is InChI=1S/C17H26N2O4S/c1-5-17(20)18-7-9-19(10-8-18)24(21,22)16-12-13(3)15(23-6-2)11-14(16)4/h11-12H,5-10H2,1-4H3. The topological polar surface area (TPSA) is 66.9 Å². The van der Waals surface area contributed by atoms with Crippen molar-refractivity contribution in [2.75, 3.05) is 32.8 Å². The molecule has 0 spiro atoms. The van der Waals surface area contributed by atoms with Gasteiger partial charge >= 0.3 is 0 Å². The zero-order valence-corrected chi connectivity index (χ0v) is 15.6. The maximum Gasteiger partial charge on any atom is 0.243 e. The Morgan fingerprint density at radius 1 is 1.08 bits per heavy atom. The number of hydrogen-bond donors (Lipinski definition) is 0. The lowest BCUT2D eigenvalue weighted by atomic mass is 10.1. The van der Waals surface area contributed by atoms with Gasteiger partial charge in [0.15, 0.2) is 0 Å². The van der Waals surface area contributed by atoms with Gasteiger partial charge in [0.1, 0.15) is 5.75 Å². The minimum Gasteiger partial charge on any atom is -0.494 e. The van der Waals surface area contributed by atoms with Crippen LogP contribution in [-0.4, -0.2) is 56.3 Å². The van der Waals surface area contributed by atoms with E-state index >= 15 is 0 Å². The summed E-state index contributed by atoms with van der Waals surface area (Å²) in [4.78, 5) is 13.8. The highest BCUT2D eigenvalue weighted by Crippen LogP contribution is 2.28. The Bertz CT molecular complexity index is 708. The lowest BCUT2D eigenvalue weighted by Crippen LogP contribution is -2.50. The van der Waals surface area contributed by atoms with E-state index < -0.39 is 10.0 Å². The van der Waals surface area contributed by atoms with E-state index in [1.807, 2.05) is 20.8 Å². The Balaban J connectivity index is 2.22. The summed E-state index contributed by atoms with van der Waals surface area (Å²) in [6, 6.07) is 3.46. The molecule has 1 aromatic rings. The van der Waals surface area contributed by atoms with Crippen molar-refractivity contribution < 1.29 is 17.9 Å². The average Bonchev–Trinajstić information content (AvgIpc) is 2.57. The van der Waals surface area contributed by atoms with E-state index in [9.17, 15) is 13.2 Å². The molecular formula is C17H26N2O4S. The van der Waals surface area contributed by atoms with Crippen LogP contribution in [0.1, 0.15) is 31.4 Å². The summed E-state index contributed by atoms with van der Waals surface area (Å²) >= 11 is 0. The molecule has 1 aliphatic heterocycles. The number of ether oxygens (including phenoxy) is 1. The molecule has 6 nitrogen and oxygen atoms in total. The third-order valence-corrected chi connectivity index (χ3v) is 6.32. The van der Waals surface area contributed by atoms with E-state index in [0.29, 0.717) is 55.4 Å². The second-order valence-electron chi connectivity index (χ2n) is 5.95. The predicted octanol–water partition coefficient (Wildman–Crippen LogP) is 1.95. The van der Waals surface area contributed by atoms with Crippen LogP contribution in [0.15, 0.2) is 17.0 Å². The van der Waals surface area contributed by atoms with E-state index in [1.54, 1.807) is 24.0 Å². The van der Waals surface area contributed by atoms with Gasteiger partial charge in [0.25, 0.3) is 0 Å². The van der Waals surface area contributed by atoms with Gasteiger partial charge in [-0.1, -0.05) is 6.92 Å². The summed E-state index contributed by atoms with van der Waals surface area (Å²) in [7, 11) is -3.56. The van der Waals surface area contributed by atoms with Gasteiger partial charge < -0.3 is 9.64 Å². The van der Waals surface area contributed by atoms with Gasteiger partial charge in [-0.2, -0.15) is 4.31 Å². The Hall–Kier alpha value is -1.60. The Kier molecular flexibility index (Phi) is 5.87. The Labute approximate surface area is 144 Å². The van der Waals surface area contributed by atoms with Crippen LogP contribution in [-0.2, 0) is 14.8 Å². The first kappa shape index (κ1) is 18.7. The van der Waals surface area contributed by atoms with Crippen LogP contribution in [0.3, 0.4) is 0 Å². The van der Waals surface area contributed by atoms with Crippen LogP contribution in [0.4, 0.5) is 0 Å². The van der Waals surface area contributed by atoms with E-state index in [1.165, 1.54) is 4.31 Å². The van der Waals surface area contributed by atoms with Crippen LogP contribution in [0.5, 0.6) is 5.75 Å². The first-order valence-electron chi connectivity index (χ1n) is 8.33. The number of carbonyl (C=O) groups is 1. The number of carbonyl (C=O) groups excluding carboxylic acids is 1. The molecule has 1 fully saturated rings. The number of piperazine rings is 1. The fourth-order valence-corrected chi connectivity index (χ4v) is 4.61. The van der Waals surface area contributed by atoms with E-state index in [2.05, 4.69) is 0 Å². The van der Waals surface area contributed by atoms with Crippen molar-refractivity contribution >= 4 is 15.9 Å². The van der Waals surface area contributed by atoms with Crippen molar-refractivity contribution in [2.45, 2.75) is 39.0 Å². The molecule has 1 amide bonds. The molecule has 0 unspecified atom stereocenters. The largest absolute Gasteiger partial charge is 0.494 e. The zero-order valence-electron chi connectivity index (χ0n) is 14.8. The van der Waals surface area contributed by atoms with E-state index in [-0.39, 0.29) is 5.91 Å². The van der Waals surface area contributed by atoms with Gasteiger partial charge in [-0.15, -0.1) is 0 Å². The molecule has 1 aliphatic rings. The molecule has 134 valence electrons. The summed E-state index contributed by atoms with van der Waals surface area (Å²) in [5, 5.41) is 0. The summed E-state index contributed by atoms with van der Waals surface area (Å²) in [5.74, 6) is 0.785. The van der Waals surface area contributed by atoms with Crippen LogP contribution in [0.2, 0.25) is 0 Å². The first-order chi connectivity index (χ1) is 11.3. The van der Waals surface area contributed by atoms with Crippen molar-refractivity contribution in [2.24, 2.45) is 0 Å². The highest BCUT2D eigenvalue weighted by atomic mass is 32.2. The highest BCUT2D eigenvalue weighted by Gasteiger charge is 2.31. The number of amides is 1. The van der Waals surface area contributed by atoms with Gasteiger partial charge in [-0.25, -0.2) is 8.42 Å². The molecular weight excluding hydrogens is 328 g/mol. The zero-order chi connectivity index (χ0) is 17.9. The third kappa shape index (κ3) is 3.72. The van der Waals surface area contributed by atoms with Crippen molar-refractivity contribution in [3.63, 3.8) is 0 Å². The quantitative estimate of drug-likeness (QED) is 0.810. The lowest BCUT2D eigenvalue weighted by Gasteiger charge is -2.34. The molecule has 0 aliphatic carbocycles. The molecule has 7 heteroatoms. The Morgan fingerprint density at radius 3 is 2.25 bits per heavy atom. The minimum atomic E-state index is -3.56. The minimum absolute atomic E-state index is 0.0696. The molecule has 1 saturated heterocycles. The first-order valence-corrected chi connectivity index (χ1v) is 9.77. The fraction of sp³-hybridized carbons (Fsp3) is 0.588. The summed E-state index contributed by atoms with van der Waals surface area (Å²) in [6.45, 7) is 9.45. The third-order valence-electron chi connectivity index (χ3n) is 4.28. The van der Waals surface area contributed by atoms with Crippen LogP contribution >= 0.6 is 0 Å². The predicted molar refractivity (Wildman–Crippen MR) is 92.7 cm³/mol. The van der Waals surface area contributed by atoms with Gasteiger partial charge in [0, 0.05) is 32.6 Å². The summed E-state index contributed by atoms with van der Waals surface area (Å²) in [5.41, 5.74) is 1.48. The van der Waals surface area contributed by atoms with Gasteiger partial charge in [0.2, 0.25) is 15.9 Å². The lowest BCUT2D eigenvalue weighted by molar-refractivity contribution is -0.132. The van der Waals surface area contributed by atoms with Gasteiger partial charge in [-0.3, -0.25) is 4.79 Å². The molecule has 0 aromatic heterocycles. The van der Waals surface area contributed by atoms with Crippen molar-refractivity contribution in [3.05, 3.63) is 23.3 Å². The summed E-state index contributed by atoms with van der Waals surface area (Å²) in [6.07, 6.45) is 0.448. The van der Waals surface area contributed by atoms with Crippen molar-refractivity contribution in [1.82, 2.24) is 9.21 Å². The summed E-state index contributed by atoms with van der Waals surface area (Å²) < 4.78 is 32.9. The van der Waals surface area contributed by atoms with E-state index in [0.717, 1.165) is 5.56 Å². The second-order valence-corrected chi connectivity index (χ2v) is 7.86. The monoisotopic (exact) mass is 354 g/mol. The van der Waals surface area contributed by atoms with Crippen molar-refractivity contribution in [3.8, 4) is 5.75 Å². The van der Waals surface area contributed by atoms with Gasteiger partial charge in [-0.05, 0) is 44.0 Å². The molecule has 0 saturated carbocycles. The van der Waals surface area contributed by atoms with E-state index in [4.69, 9.17) is 4.74 Å². The molecule has 0 radical (unpaired) electrons. The molecule has 0 N–H and O–H groups in total. The molecule has 2 rings (SSSR count). The maximum atomic E-state index is 13.0. The number of nitrogens with zero attached hydrogens (tertiary/aromatic N) is 2. The molecule has 1 aromatic carbocycles. The normalized spacial score (nSPS) is 16.2. The average molecular weight is 354 g/mol. The highest BCUT2D eigenvalue weighted by molar-refractivity contribution is 7.89. The van der Waals surface area contributed by atoms with Crippen molar-refractivity contribution in [1.29, 1.82) is 0 Å². The Morgan fingerprint density at radius 2 is 1.71 bits per heavy atom. The van der Waals surface area contributed by atoms with Crippen LogP contribution in [0, 0.1) is 13.8 Å². The SMILES string of the molecule is CCOc1cc(C)c(S(=O)(=O)N2CCN(C(=O)CC)CC2)cc1C. The number of aryl methyl sites for hydroxylation is 2. The number of benzene rings is 1. The smallest absolute Gasteiger partial charge is 0.243 e. The number of sulfonamides is 1. The van der Waals surface area contributed by atoms with Crippen LogP contribution < -0.4 is 4.74 Å². The van der Waals surface area contributed by atoms with Gasteiger partial charge in [0.05, 0.1) is 11.5 Å². The molecule has 1 heterocycles. The fourth-order valence-electron chi connectivity index (χ4n) is 2.89.